The Bertz CT molecular complexity index is 641. The van der Waals surface area contributed by atoms with Crippen LogP contribution < -0.4 is 15.8 Å². The Kier molecular flexibility index (Phi) is 6.68. The molecule has 2 fully saturated rings. The zero-order valence-corrected chi connectivity index (χ0v) is 16.0. The predicted molar refractivity (Wildman–Crippen MR) is 105 cm³/mol. The Balaban J connectivity index is 1.48. The summed E-state index contributed by atoms with van der Waals surface area (Å²) in [5.74, 6) is 0.366. The van der Waals surface area contributed by atoms with Crippen LogP contribution in [0.5, 0.6) is 5.75 Å². The molecule has 0 saturated carbocycles. The van der Waals surface area contributed by atoms with E-state index in [-0.39, 0.29) is 30.4 Å². The van der Waals surface area contributed by atoms with E-state index in [9.17, 15) is 9.59 Å². The fourth-order valence-corrected chi connectivity index (χ4v) is 3.79. The second-order valence-corrected chi connectivity index (χ2v) is 7.67. The normalized spacial score (nSPS) is 22.3. The molecule has 0 bridgehead atoms. The smallest absolute Gasteiger partial charge is 0.231 e. The summed E-state index contributed by atoms with van der Waals surface area (Å²) >= 11 is 0. The minimum Gasteiger partial charge on any atom is -0.490 e. The number of nitrogens with zero attached hydrogens (tertiary/aromatic N) is 2. The van der Waals surface area contributed by atoms with Gasteiger partial charge in [-0.05, 0) is 63.5 Å². The third-order valence-electron chi connectivity index (χ3n) is 5.35. The van der Waals surface area contributed by atoms with Gasteiger partial charge in [0.05, 0.1) is 12.5 Å². The van der Waals surface area contributed by atoms with Crippen LogP contribution in [-0.4, -0.2) is 67.5 Å². The maximum Gasteiger partial charge on any atom is 0.231 e. The molecule has 27 heavy (non-hydrogen) atoms. The second-order valence-electron chi connectivity index (χ2n) is 7.67. The molecule has 3 N–H and O–H groups in total. The van der Waals surface area contributed by atoms with Crippen LogP contribution in [0.3, 0.4) is 0 Å². The largest absolute Gasteiger partial charge is 0.490 e. The molecule has 0 spiro atoms. The quantitative estimate of drug-likeness (QED) is 0.784. The molecule has 2 amide bonds. The van der Waals surface area contributed by atoms with E-state index < -0.39 is 0 Å². The number of hydrogen-bond donors (Lipinski definition) is 2. The highest BCUT2D eigenvalue weighted by Crippen LogP contribution is 2.22. The van der Waals surface area contributed by atoms with Crippen LogP contribution in [0, 0.1) is 5.92 Å². The fraction of sp³-hybridized carbons (Fsp3) is 0.600. The van der Waals surface area contributed by atoms with Gasteiger partial charge in [0.2, 0.25) is 11.8 Å². The van der Waals surface area contributed by atoms with Gasteiger partial charge in [-0.25, -0.2) is 0 Å². The molecule has 0 aromatic heterocycles. The number of nitrogens with two attached hydrogens (primary N) is 1. The first-order valence-electron chi connectivity index (χ1n) is 9.76. The van der Waals surface area contributed by atoms with Crippen molar-refractivity contribution in [3.8, 4) is 5.75 Å². The number of nitrogens with one attached hydrogen (secondary N) is 1. The van der Waals surface area contributed by atoms with Crippen molar-refractivity contribution in [1.82, 2.24) is 9.80 Å². The molecular weight excluding hydrogens is 344 g/mol. The van der Waals surface area contributed by atoms with Gasteiger partial charge in [0, 0.05) is 25.3 Å². The van der Waals surface area contributed by atoms with Crippen LogP contribution in [0.2, 0.25) is 0 Å². The van der Waals surface area contributed by atoms with E-state index in [4.69, 9.17) is 10.5 Å². The maximum absolute atomic E-state index is 12.5. The van der Waals surface area contributed by atoms with Crippen LogP contribution >= 0.6 is 0 Å². The molecule has 0 aliphatic carbocycles. The van der Waals surface area contributed by atoms with E-state index in [2.05, 4.69) is 17.3 Å². The van der Waals surface area contributed by atoms with E-state index in [1.54, 1.807) is 0 Å². The third kappa shape index (κ3) is 5.94. The Hall–Kier alpha value is -2.12. The second kappa shape index (κ2) is 9.19. The van der Waals surface area contributed by atoms with Gasteiger partial charge in [-0.3, -0.25) is 14.5 Å². The van der Waals surface area contributed by atoms with Crippen molar-refractivity contribution >= 4 is 17.5 Å². The Morgan fingerprint density at radius 3 is 2.52 bits per heavy atom. The standard InChI is InChI=1S/C20H30N4O3/c1-23-11-8-18(9-12-23)27-17-6-4-16(5-7-17)22-20(26)15-3-2-10-24(13-15)14-19(21)25/h4-7,15,18H,2-3,8-14H2,1H3,(H2,21,25)(H,22,26). The summed E-state index contributed by atoms with van der Waals surface area (Å²) in [6.45, 7) is 3.73. The SMILES string of the molecule is CN1CCC(Oc2ccc(NC(=O)C3CCCN(CC(N)=O)C3)cc2)CC1. The van der Waals surface area contributed by atoms with E-state index in [1.165, 1.54) is 0 Å². The zero-order chi connectivity index (χ0) is 19.2. The molecule has 1 unspecified atom stereocenters. The van der Waals surface area contributed by atoms with Crippen LogP contribution in [-0.2, 0) is 9.59 Å². The highest BCUT2D eigenvalue weighted by atomic mass is 16.5. The van der Waals surface area contributed by atoms with Crippen molar-refractivity contribution in [1.29, 1.82) is 0 Å². The summed E-state index contributed by atoms with van der Waals surface area (Å²) in [6.07, 6.45) is 4.07. The maximum atomic E-state index is 12.5. The highest BCUT2D eigenvalue weighted by molar-refractivity contribution is 5.92. The number of benzene rings is 1. The summed E-state index contributed by atoms with van der Waals surface area (Å²) in [5.41, 5.74) is 6.03. The van der Waals surface area contributed by atoms with Gasteiger partial charge >= 0.3 is 0 Å². The lowest BCUT2D eigenvalue weighted by molar-refractivity contribution is -0.124. The third-order valence-corrected chi connectivity index (χ3v) is 5.35. The number of rotatable bonds is 6. The molecule has 7 nitrogen and oxygen atoms in total. The molecule has 1 aromatic carbocycles. The average Bonchev–Trinajstić information content (AvgIpc) is 2.65. The highest BCUT2D eigenvalue weighted by Gasteiger charge is 2.26. The molecule has 3 rings (SSSR count). The summed E-state index contributed by atoms with van der Waals surface area (Å²) in [6, 6.07) is 7.58. The molecule has 2 saturated heterocycles. The van der Waals surface area contributed by atoms with E-state index in [0.29, 0.717) is 6.54 Å². The monoisotopic (exact) mass is 374 g/mol. The van der Waals surface area contributed by atoms with Crippen molar-refractivity contribution in [3.05, 3.63) is 24.3 Å². The first-order valence-corrected chi connectivity index (χ1v) is 9.76. The Morgan fingerprint density at radius 1 is 1.15 bits per heavy atom. The number of carbonyl (C=O) groups excluding carboxylic acids is 2. The van der Waals surface area contributed by atoms with E-state index in [0.717, 1.165) is 56.8 Å². The number of anilines is 1. The minimum absolute atomic E-state index is 0.00634. The van der Waals surface area contributed by atoms with Gasteiger partial charge in [0.15, 0.2) is 0 Å². The first-order chi connectivity index (χ1) is 13.0. The summed E-state index contributed by atoms with van der Waals surface area (Å²) in [5, 5.41) is 2.98. The number of likely N-dealkylation sites (tertiary alicyclic amines) is 2. The lowest BCUT2D eigenvalue weighted by atomic mass is 9.97. The number of primary amides is 1. The summed E-state index contributed by atoms with van der Waals surface area (Å²) < 4.78 is 6.04. The lowest BCUT2D eigenvalue weighted by Crippen LogP contribution is -2.44. The van der Waals surface area contributed by atoms with Crippen molar-refractivity contribution in [2.75, 3.05) is 45.1 Å². The van der Waals surface area contributed by atoms with Gasteiger partial charge in [0.25, 0.3) is 0 Å². The van der Waals surface area contributed by atoms with Crippen LogP contribution in [0.1, 0.15) is 25.7 Å². The number of piperidine rings is 2. The number of amides is 2. The van der Waals surface area contributed by atoms with Crippen molar-refractivity contribution in [2.45, 2.75) is 31.8 Å². The minimum atomic E-state index is -0.351. The molecule has 7 heteroatoms. The predicted octanol–water partition coefficient (Wildman–Crippen LogP) is 1.30. The van der Waals surface area contributed by atoms with Crippen molar-refractivity contribution in [3.63, 3.8) is 0 Å². The molecule has 0 radical (unpaired) electrons. The van der Waals surface area contributed by atoms with Crippen LogP contribution in [0.25, 0.3) is 0 Å². The van der Waals surface area contributed by atoms with Gasteiger partial charge in [-0.1, -0.05) is 0 Å². The Morgan fingerprint density at radius 2 is 1.85 bits per heavy atom. The zero-order valence-electron chi connectivity index (χ0n) is 16.0. The van der Waals surface area contributed by atoms with Gasteiger partial charge in [-0.2, -0.15) is 0 Å². The molecule has 2 aliphatic rings. The fourth-order valence-electron chi connectivity index (χ4n) is 3.79. The lowest BCUT2D eigenvalue weighted by Gasteiger charge is -2.31. The van der Waals surface area contributed by atoms with E-state index >= 15 is 0 Å². The summed E-state index contributed by atoms with van der Waals surface area (Å²) in [4.78, 5) is 27.9. The van der Waals surface area contributed by atoms with Gasteiger partial charge < -0.3 is 20.7 Å². The topological polar surface area (TPSA) is 87.9 Å². The van der Waals surface area contributed by atoms with Crippen molar-refractivity contribution in [2.24, 2.45) is 11.7 Å². The van der Waals surface area contributed by atoms with Crippen LogP contribution in [0.4, 0.5) is 5.69 Å². The molecule has 1 atom stereocenters. The van der Waals surface area contributed by atoms with Gasteiger partial charge in [-0.15, -0.1) is 0 Å². The first kappa shape index (κ1) is 19.6. The molecule has 2 aliphatic heterocycles. The molecule has 2 heterocycles. The number of hydrogen-bond acceptors (Lipinski definition) is 5. The molecule has 148 valence electrons. The van der Waals surface area contributed by atoms with E-state index in [1.807, 2.05) is 29.2 Å². The number of ether oxygens (including phenoxy) is 1. The number of carbonyl (C=O) groups is 2. The van der Waals surface area contributed by atoms with Crippen molar-refractivity contribution < 1.29 is 14.3 Å². The van der Waals surface area contributed by atoms with Gasteiger partial charge in [0.1, 0.15) is 11.9 Å². The van der Waals surface area contributed by atoms with Crippen LogP contribution in [0.15, 0.2) is 24.3 Å². The molecule has 1 aromatic rings. The average molecular weight is 374 g/mol. The summed E-state index contributed by atoms with van der Waals surface area (Å²) in [7, 11) is 2.13. The Labute approximate surface area is 160 Å². The molecular formula is C20H30N4O3.